The quantitative estimate of drug-likeness (QED) is 0.535. The number of nitrogens with zero attached hydrogens (tertiary/aromatic N) is 1. The predicted molar refractivity (Wildman–Crippen MR) is 102 cm³/mol. The first kappa shape index (κ1) is 20.3. The van der Waals surface area contributed by atoms with E-state index in [1.54, 1.807) is 18.2 Å². The van der Waals surface area contributed by atoms with Gasteiger partial charge < -0.3 is 14.8 Å². The topological polar surface area (TPSA) is 71.3 Å². The molecule has 0 bridgehead atoms. The molecular formula is C21H30N2O3. The van der Waals surface area contributed by atoms with Crippen LogP contribution in [0.4, 0.5) is 5.69 Å². The summed E-state index contributed by atoms with van der Waals surface area (Å²) in [4.78, 5) is 13.0. The molecule has 0 saturated heterocycles. The maximum absolute atomic E-state index is 13.0. The highest BCUT2D eigenvalue weighted by atomic mass is 16.5. The highest BCUT2D eigenvalue weighted by Crippen LogP contribution is 2.32. The molecule has 142 valence electrons. The number of amides is 1. The Bertz CT molecular complexity index is 629. The number of anilines is 1. The van der Waals surface area contributed by atoms with E-state index in [4.69, 9.17) is 9.47 Å². The van der Waals surface area contributed by atoms with Crippen LogP contribution in [-0.4, -0.2) is 24.7 Å². The molecule has 1 N–H and O–H groups in total. The lowest BCUT2D eigenvalue weighted by Crippen LogP contribution is -2.45. The van der Waals surface area contributed by atoms with Crippen molar-refractivity contribution in [1.29, 1.82) is 5.26 Å². The van der Waals surface area contributed by atoms with Gasteiger partial charge in [0.1, 0.15) is 17.4 Å². The SMILES string of the molecule is CCCCOc1ccc(NC(=O)C2(OCC)CCCCCC2)cc1C#N. The third-order valence-electron chi connectivity index (χ3n) is 4.86. The summed E-state index contributed by atoms with van der Waals surface area (Å²) < 4.78 is 11.6. The van der Waals surface area contributed by atoms with Gasteiger partial charge in [0.2, 0.25) is 0 Å². The molecule has 1 aromatic rings. The number of ether oxygens (including phenoxy) is 2. The molecule has 2 rings (SSSR count). The normalized spacial score (nSPS) is 16.3. The largest absolute Gasteiger partial charge is 0.492 e. The van der Waals surface area contributed by atoms with Gasteiger partial charge in [0, 0.05) is 12.3 Å². The second-order valence-corrected chi connectivity index (χ2v) is 6.82. The van der Waals surface area contributed by atoms with Crippen LogP contribution in [0.15, 0.2) is 18.2 Å². The van der Waals surface area contributed by atoms with E-state index in [0.29, 0.717) is 30.2 Å². The third-order valence-corrected chi connectivity index (χ3v) is 4.86. The third kappa shape index (κ3) is 5.22. The zero-order chi connectivity index (χ0) is 18.8. The molecule has 26 heavy (non-hydrogen) atoms. The Kier molecular flexibility index (Phi) is 7.93. The Hall–Kier alpha value is -2.06. The van der Waals surface area contributed by atoms with Crippen molar-refractivity contribution in [3.05, 3.63) is 23.8 Å². The number of carbonyl (C=O) groups excluding carboxylic acids is 1. The van der Waals surface area contributed by atoms with Crippen LogP contribution in [0.3, 0.4) is 0 Å². The summed E-state index contributed by atoms with van der Waals surface area (Å²) in [6.07, 6.45) is 7.76. The number of carbonyl (C=O) groups is 1. The Morgan fingerprint density at radius 1 is 1.23 bits per heavy atom. The van der Waals surface area contributed by atoms with Crippen LogP contribution >= 0.6 is 0 Å². The van der Waals surface area contributed by atoms with Crippen molar-refractivity contribution in [1.82, 2.24) is 0 Å². The second-order valence-electron chi connectivity index (χ2n) is 6.82. The van der Waals surface area contributed by atoms with Gasteiger partial charge in [-0.1, -0.05) is 39.0 Å². The van der Waals surface area contributed by atoms with Crippen LogP contribution in [0.1, 0.15) is 70.8 Å². The average Bonchev–Trinajstić information content (AvgIpc) is 2.89. The number of unbranched alkanes of at least 4 members (excludes halogenated alkanes) is 1. The van der Waals surface area contributed by atoms with E-state index >= 15 is 0 Å². The Morgan fingerprint density at radius 3 is 2.58 bits per heavy atom. The number of hydrogen-bond donors (Lipinski definition) is 1. The van der Waals surface area contributed by atoms with Gasteiger partial charge in [0.05, 0.1) is 12.2 Å². The molecule has 1 aliphatic rings. The zero-order valence-corrected chi connectivity index (χ0v) is 16.0. The fraction of sp³-hybridized carbons (Fsp3) is 0.619. The van der Waals surface area contributed by atoms with Crippen LogP contribution in [-0.2, 0) is 9.53 Å². The molecule has 1 amide bonds. The molecule has 0 atom stereocenters. The smallest absolute Gasteiger partial charge is 0.256 e. The van der Waals surface area contributed by atoms with E-state index in [-0.39, 0.29) is 5.91 Å². The van der Waals surface area contributed by atoms with Crippen LogP contribution in [0, 0.1) is 11.3 Å². The zero-order valence-electron chi connectivity index (χ0n) is 16.0. The van der Waals surface area contributed by atoms with Gasteiger partial charge in [0.15, 0.2) is 0 Å². The minimum absolute atomic E-state index is 0.107. The number of benzene rings is 1. The lowest BCUT2D eigenvalue weighted by Gasteiger charge is -2.31. The van der Waals surface area contributed by atoms with Gasteiger partial charge in [-0.2, -0.15) is 5.26 Å². The molecule has 0 radical (unpaired) electrons. The Labute approximate surface area is 156 Å². The van der Waals surface area contributed by atoms with Crippen molar-refractivity contribution in [2.45, 2.75) is 70.8 Å². The van der Waals surface area contributed by atoms with E-state index in [2.05, 4.69) is 18.3 Å². The molecule has 5 nitrogen and oxygen atoms in total. The van der Waals surface area contributed by atoms with Gasteiger partial charge in [-0.25, -0.2) is 0 Å². The lowest BCUT2D eigenvalue weighted by molar-refractivity contribution is -0.143. The highest BCUT2D eigenvalue weighted by Gasteiger charge is 2.39. The summed E-state index contributed by atoms with van der Waals surface area (Å²) in [5.41, 5.74) is 0.289. The van der Waals surface area contributed by atoms with E-state index < -0.39 is 5.60 Å². The number of rotatable bonds is 8. The van der Waals surface area contributed by atoms with Crippen LogP contribution in [0.25, 0.3) is 0 Å². The van der Waals surface area contributed by atoms with Crippen LogP contribution < -0.4 is 10.1 Å². The number of nitriles is 1. The Morgan fingerprint density at radius 2 is 1.96 bits per heavy atom. The summed E-state index contributed by atoms with van der Waals surface area (Å²) in [5.74, 6) is 0.456. The molecule has 0 unspecified atom stereocenters. The molecule has 5 heteroatoms. The first-order valence-electron chi connectivity index (χ1n) is 9.77. The highest BCUT2D eigenvalue weighted by molar-refractivity contribution is 5.97. The summed E-state index contributed by atoms with van der Waals surface area (Å²) in [6.45, 7) is 5.12. The molecule has 1 aliphatic carbocycles. The monoisotopic (exact) mass is 358 g/mol. The lowest BCUT2D eigenvalue weighted by atomic mass is 9.92. The van der Waals surface area contributed by atoms with Crippen molar-refractivity contribution < 1.29 is 14.3 Å². The molecular weight excluding hydrogens is 328 g/mol. The van der Waals surface area contributed by atoms with Crippen LogP contribution in [0.2, 0.25) is 0 Å². The van der Waals surface area contributed by atoms with Crippen molar-refractivity contribution in [2.24, 2.45) is 0 Å². The molecule has 1 aromatic carbocycles. The van der Waals surface area contributed by atoms with Crippen molar-refractivity contribution in [2.75, 3.05) is 18.5 Å². The van der Waals surface area contributed by atoms with E-state index in [1.807, 2.05) is 6.92 Å². The van der Waals surface area contributed by atoms with Gasteiger partial charge >= 0.3 is 0 Å². The van der Waals surface area contributed by atoms with Crippen LogP contribution in [0.5, 0.6) is 5.75 Å². The maximum atomic E-state index is 13.0. The molecule has 0 aliphatic heterocycles. The van der Waals surface area contributed by atoms with Crippen molar-refractivity contribution >= 4 is 11.6 Å². The molecule has 1 saturated carbocycles. The minimum Gasteiger partial charge on any atom is -0.492 e. The van der Waals surface area contributed by atoms with E-state index in [0.717, 1.165) is 51.4 Å². The van der Waals surface area contributed by atoms with Crippen molar-refractivity contribution in [3.8, 4) is 11.8 Å². The summed E-state index contributed by atoms with van der Waals surface area (Å²) in [5, 5.41) is 12.4. The molecule has 0 heterocycles. The van der Waals surface area contributed by atoms with Gasteiger partial charge in [0.25, 0.3) is 5.91 Å². The van der Waals surface area contributed by atoms with Crippen molar-refractivity contribution in [3.63, 3.8) is 0 Å². The van der Waals surface area contributed by atoms with Gasteiger partial charge in [-0.15, -0.1) is 0 Å². The average molecular weight is 358 g/mol. The molecule has 1 fully saturated rings. The standard InChI is InChI=1S/C21H30N2O3/c1-3-5-14-25-19-11-10-18(15-17(19)16-22)23-20(24)21(26-4-2)12-8-6-7-9-13-21/h10-11,15H,3-9,12-14H2,1-2H3,(H,23,24). The maximum Gasteiger partial charge on any atom is 0.256 e. The summed E-state index contributed by atoms with van der Waals surface area (Å²) >= 11 is 0. The number of nitrogens with one attached hydrogen (secondary N) is 1. The summed E-state index contributed by atoms with van der Waals surface area (Å²) in [7, 11) is 0. The van der Waals surface area contributed by atoms with E-state index in [9.17, 15) is 10.1 Å². The van der Waals surface area contributed by atoms with Gasteiger partial charge in [-0.3, -0.25) is 4.79 Å². The minimum atomic E-state index is -0.756. The van der Waals surface area contributed by atoms with Gasteiger partial charge in [-0.05, 0) is 44.4 Å². The predicted octanol–water partition coefficient (Wildman–Crippen LogP) is 4.81. The first-order chi connectivity index (χ1) is 12.6. The first-order valence-corrected chi connectivity index (χ1v) is 9.77. The summed E-state index contributed by atoms with van der Waals surface area (Å²) in [6, 6.07) is 7.37. The van der Waals surface area contributed by atoms with E-state index in [1.165, 1.54) is 0 Å². The number of hydrogen-bond acceptors (Lipinski definition) is 4. The molecule has 0 aromatic heterocycles. The Balaban J connectivity index is 2.12. The fourth-order valence-electron chi connectivity index (χ4n) is 3.41. The second kappa shape index (κ2) is 10.2. The fourth-order valence-corrected chi connectivity index (χ4v) is 3.41. The molecule has 0 spiro atoms.